The van der Waals surface area contributed by atoms with Crippen LogP contribution in [0.1, 0.15) is 6.42 Å². The van der Waals surface area contributed by atoms with Crippen molar-refractivity contribution in [3.05, 3.63) is 24.4 Å². The number of anilines is 1. The van der Waals surface area contributed by atoms with Crippen molar-refractivity contribution in [2.75, 3.05) is 25.2 Å². The molecule has 0 saturated carbocycles. The van der Waals surface area contributed by atoms with Gasteiger partial charge in [0, 0.05) is 19.9 Å². The summed E-state index contributed by atoms with van der Waals surface area (Å²) >= 11 is 1.36. The van der Waals surface area contributed by atoms with Crippen LogP contribution in [0.2, 0.25) is 0 Å². The zero-order chi connectivity index (χ0) is 13.9. The zero-order valence-corrected chi connectivity index (χ0v) is 11.8. The van der Waals surface area contributed by atoms with Gasteiger partial charge in [-0.05, 0) is 18.6 Å². The SMILES string of the molecule is CN(C(=O)[C@H]1CCOC1)c1nnc(-c2ccccn2)s1. The average Bonchev–Trinajstić information content (AvgIpc) is 3.18. The molecule has 0 radical (unpaired) electrons. The van der Waals surface area contributed by atoms with Gasteiger partial charge < -0.3 is 4.74 Å². The van der Waals surface area contributed by atoms with E-state index in [1.54, 1.807) is 18.1 Å². The van der Waals surface area contributed by atoms with Crippen molar-refractivity contribution >= 4 is 22.4 Å². The molecule has 1 atom stereocenters. The molecule has 0 aliphatic carbocycles. The van der Waals surface area contributed by atoms with Gasteiger partial charge in [0.15, 0.2) is 5.01 Å². The van der Waals surface area contributed by atoms with Gasteiger partial charge in [0.25, 0.3) is 0 Å². The van der Waals surface area contributed by atoms with Crippen molar-refractivity contribution in [2.45, 2.75) is 6.42 Å². The van der Waals surface area contributed by atoms with E-state index in [1.165, 1.54) is 11.3 Å². The average molecular weight is 290 g/mol. The largest absolute Gasteiger partial charge is 0.381 e. The molecule has 1 amide bonds. The van der Waals surface area contributed by atoms with Gasteiger partial charge in [-0.1, -0.05) is 17.4 Å². The molecule has 7 heteroatoms. The summed E-state index contributed by atoms with van der Waals surface area (Å²) in [5.74, 6) is -0.0339. The Bertz CT molecular complexity index is 595. The Morgan fingerprint density at radius 1 is 1.45 bits per heavy atom. The number of nitrogens with zero attached hydrogens (tertiary/aromatic N) is 4. The van der Waals surface area contributed by atoms with Gasteiger partial charge in [-0.2, -0.15) is 0 Å². The quantitative estimate of drug-likeness (QED) is 0.859. The maximum atomic E-state index is 12.3. The number of ether oxygens (including phenoxy) is 1. The minimum absolute atomic E-state index is 0.0335. The molecule has 0 unspecified atom stereocenters. The maximum Gasteiger partial charge on any atom is 0.234 e. The maximum absolute atomic E-state index is 12.3. The van der Waals surface area contributed by atoms with E-state index in [0.29, 0.717) is 23.4 Å². The molecule has 1 fully saturated rings. The number of carbonyl (C=O) groups is 1. The second kappa shape index (κ2) is 5.64. The Morgan fingerprint density at radius 2 is 2.35 bits per heavy atom. The van der Waals surface area contributed by atoms with E-state index in [-0.39, 0.29) is 11.8 Å². The summed E-state index contributed by atoms with van der Waals surface area (Å²) in [6.45, 7) is 1.15. The van der Waals surface area contributed by atoms with E-state index in [1.807, 2.05) is 18.2 Å². The predicted molar refractivity (Wildman–Crippen MR) is 75.5 cm³/mol. The Hall–Kier alpha value is -1.86. The van der Waals surface area contributed by atoms with Crippen LogP contribution >= 0.6 is 11.3 Å². The fourth-order valence-electron chi connectivity index (χ4n) is 2.04. The van der Waals surface area contributed by atoms with E-state index >= 15 is 0 Å². The monoisotopic (exact) mass is 290 g/mol. The highest BCUT2D eigenvalue weighted by Crippen LogP contribution is 2.28. The van der Waals surface area contributed by atoms with E-state index in [2.05, 4.69) is 15.2 Å². The topological polar surface area (TPSA) is 68.2 Å². The molecule has 3 heterocycles. The fourth-order valence-corrected chi connectivity index (χ4v) is 2.83. The van der Waals surface area contributed by atoms with Crippen molar-refractivity contribution in [1.29, 1.82) is 0 Å². The van der Waals surface area contributed by atoms with Gasteiger partial charge in [-0.3, -0.25) is 14.7 Å². The molecule has 1 saturated heterocycles. The smallest absolute Gasteiger partial charge is 0.234 e. The van der Waals surface area contributed by atoms with Crippen LogP contribution < -0.4 is 4.90 Å². The molecule has 104 valence electrons. The van der Waals surface area contributed by atoms with Gasteiger partial charge in [-0.15, -0.1) is 10.2 Å². The molecule has 0 spiro atoms. The third-order valence-electron chi connectivity index (χ3n) is 3.19. The summed E-state index contributed by atoms with van der Waals surface area (Å²) in [5, 5.41) is 9.47. The third kappa shape index (κ3) is 2.54. The normalized spacial score (nSPS) is 18.1. The highest BCUT2D eigenvalue weighted by molar-refractivity contribution is 7.18. The van der Waals surface area contributed by atoms with Crippen LogP contribution in [0, 0.1) is 5.92 Å². The summed E-state index contributed by atoms with van der Waals surface area (Å²) in [6, 6.07) is 5.62. The number of hydrogen-bond acceptors (Lipinski definition) is 6. The second-order valence-corrected chi connectivity index (χ2v) is 5.52. The molecular weight excluding hydrogens is 276 g/mol. The van der Waals surface area contributed by atoms with Gasteiger partial charge >= 0.3 is 0 Å². The van der Waals surface area contributed by atoms with Gasteiger partial charge in [0.2, 0.25) is 11.0 Å². The molecule has 0 N–H and O–H groups in total. The van der Waals surface area contributed by atoms with Crippen LogP contribution in [0.4, 0.5) is 5.13 Å². The lowest BCUT2D eigenvalue weighted by molar-refractivity contribution is -0.122. The first kappa shape index (κ1) is 13.1. The molecule has 2 aromatic rings. The first-order valence-corrected chi connectivity index (χ1v) is 7.17. The summed E-state index contributed by atoms with van der Waals surface area (Å²) in [7, 11) is 1.73. The number of amides is 1. The van der Waals surface area contributed by atoms with Gasteiger partial charge in [0.05, 0.1) is 12.5 Å². The van der Waals surface area contributed by atoms with Gasteiger partial charge in [-0.25, -0.2) is 0 Å². The van der Waals surface area contributed by atoms with Crippen molar-refractivity contribution in [3.63, 3.8) is 0 Å². The van der Waals surface area contributed by atoms with Crippen molar-refractivity contribution in [2.24, 2.45) is 5.92 Å². The van der Waals surface area contributed by atoms with E-state index in [4.69, 9.17) is 4.74 Å². The Morgan fingerprint density at radius 3 is 3.05 bits per heavy atom. The molecule has 20 heavy (non-hydrogen) atoms. The first-order valence-electron chi connectivity index (χ1n) is 6.36. The molecule has 0 bridgehead atoms. The Labute approximate surface area is 120 Å². The van der Waals surface area contributed by atoms with Crippen LogP contribution in [-0.2, 0) is 9.53 Å². The molecular formula is C13H14N4O2S. The van der Waals surface area contributed by atoms with Crippen molar-refractivity contribution < 1.29 is 9.53 Å². The van der Waals surface area contributed by atoms with Crippen LogP contribution in [0.3, 0.4) is 0 Å². The highest BCUT2D eigenvalue weighted by atomic mass is 32.1. The van der Waals surface area contributed by atoms with Crippen LogP contribution in [0.15, 0.2) is 24.4 Å². The van der Waals surface area contributed by atoms with Gasteiger partial charge in [0.1, 0.15) is 5.69 Å². The molecule has 0 aromatic carbocycles. The van der Waals surface area contributed by atoms with Crippen LogP contribution in [0.25, 0.3) is 10.7 Å². The van der Waals surface area contributed by atoms with E-state index < -0.39 is 0 Å². The van der Waals surface area contributed by atoms with Crippen molar-refractivity contribution in [1.82, 2.24) is 15.2 Å². The van der Waals surface area contributed by atoms with E-state index in [0.717, 1.165) is 12.1 Å². The summed E-state index contributed by atoms with van der Waals surface area (Å²) in [4.78, 5) is 18.0. The lowest BCUT2D eigenvalue weighted by atomic mass is 10.1. The lowest BCUT2D eigenvalue weighted by Crippen LogP contribution is -2.33. The number of carbonyl (C=O) groups excluding carboxylic acids is 1. The van der Waals surface area contributed by atoms with Crippen molar-refractivity contribution in [3.8, 4) is 10.7 Å². The Balaban J connectivity index is 1.77. The molecule has 1 aliphatic rings. The minimum Gasteiger partial charge on any atom is -0.381 e. The molecule has 2 aromatic heterocycles. The zero-order valence-electron chi connectivity index (χ0n) is 11.0. The lowest BCUT2D eigenvalue weighted by Gasteiger charge is -2.16. The molecule has 1 aliphatic heterocycles. The van der Waals surface area contributed by atoms with Crippen LogP contribution in [-0.4, -0.2) is 41.3 Å². The third-order valence-corrected chi connectivity index (χ3v) is 4.22. The summed E-state index contributed by atoms with van der Waals surface area (Å²) in [6.07, 6.45) is 2.48. The standard InChI is InChI=1S/C13H14N4O2S/c1-17(12(18)9-5-7-19-8-9)13-16-15-11(20-13)10-4-2-3-6-14-10/h2-4,6,9H,5,7-8H2,1H3/t9-/m0/s1. The fraction of sp³-hybridized carbons (Fsp3) is 0.385. The molecule has 6 nitrogen and oxygen atoms in total. The number of aromatic nitrogens is 3. The second-order valence-electron chi connectivity index (χ2n) is 4.56. The highest BCUT2D eigenvalue weighted by Gasteiger charge is 2.28. The minimum atomic E-state index is -0.0674. The summed E-state index contributed by atoms with van der Waals surface area (Å²) < 4.78 is 5.25. The Kier molecular flexibility index (Phi) is 3.70. The molecule has 3 rings (SSSR count). The summed E-state index contributed by atoms with van der Waals surface area (Å²) in [5.41, 5.74) is 0.765. The first-order chi connectivity index (χ1) is 9.75. The number of pyridine rings is 1. The number of rotatable bonds is 3. The number of hydrogen-bond donors (Lipinski definition) is 0. The predicted octanol–water partition coefficient (Wildman–Crippen LogP) is 1.60. The van der Waals surface area contributed by atoms with E-state index in [9.17, 15) is 4.79 Å². The van der Waals surface area contributed by atoms with Crippen LogP contribution in [0.5, 0.6) is 0 Å².